The molecule has 0 atom stereocenters. The molecule has 2 amide bonds. The van der Waals surface area contributed by atoms with Gasteiger partial charge in [0.2, 0.25) is 5.82 Å². The number of hydrogen-bond acceptors (Lipinski definition) is 3. The lowest BCUT2D eigenvalue weighted by molar-refractivity contribution is 0.0942. The zero-order chi connectivity index (χ0) is 18.7. The molecular weight excluding hydrogens is 352 g/mol. The molecule has 6 nitrogen and oxygen atoms in total. The van der Waals surface area contributed by atoms with Crippen LogP contribution in [0.15, 0.2) is 42.6 Å². The molecule has 1 aromatic carbocycles. The van der Waals surface area contributed by atoms with Gasteiger partial charge in [0, 0.05) is 23.5 Å². The summed E-state index contributed by atoms with van der Waals surface area (Å²) in [5.74, 6) is -0.533. The summed E-state index contributed by atoms with van der Waals surface area (Å²) >= 11 is 6.11. The molecule has 0 unspecified atom stereocenters. The Morgan fingerprint density at radius 2 is 2.00 bits per heavy atom. The molecule has 0 saturated carbocycles. The Bertz CT molecular complexity index is 981. The molecule has 2 aromatic heterocycles. The minimum Gasteiger partial charge on any atom is -0.349 e. The van der Waals surface area contributed by atoms with Crippen molar-refractivity contribution in [1.29, 1.82) is 0 Å². The summed E-state index contributed by atoms with van der Waals surface area (Å²) in [5, 5.41) is 6.13. The number of nitrogens with one attached hydrogen (secondary N) is 2. The highest BCUT2D eigenvalue weighted by Gasteiger charge is 2.21. The summed E-state index contributed by atoms with van der Waals surface area (Å²) < 4.78 is 1.61. The molecule has 7 heteroatoms. The van der Waals surface area contributed by atoms with Crippen molar-refractivity contribution in [1.82, 2.24) is 14.7 Å². The van der Waals surface area contributed by atoms with E-state index < -0.39 is 5.91 Å². The molecule has 3 aromatic rings. The van der Waals surface area contributed by atoms with Gasteiger partial charge in [-0.15, -0.1) is 0 Å². The molecule has 0 bridgehead atoms. The molecule has 3 rings (SSSR count). The van der Waals surface area contributed by atoms with Gasteiger partial charge in [-0.25, -0.2) is 4.98 Å². The molecule has 2 N–H and O–H groups in total. The lowest BCUT2D eigenvalue weighted by Crippen LogP contribution is -2.26. The Morgan fingerprint density at radius 1 is 1.19 bits per heavy atom. The van der Waals surface area contributed by atoms with Gasteiger partial charge in [-0.2, -0.15) is 0 Å². The standard InChI is InChI=1S/C19H19ClN4O2/c1-3-9-21-19(26)17-23-16(15-6-4-5-10-24(15)17)18(25)22-13-8-7-12(2)14(20)11-13/h4-8,10-11H,3,9H2,1-2H3,(H,21,26)(H,22,25). The molecule has 0 aliphatic rings. The Labute approximate surface area is 156 Å². The van der Waals surface area contributed by atoms with E-state index in [9.17, 15) is 9.59 Å². The predicted octanol–water partition coefficient (Wildman–Crippen LogP) is 3.69. The number of imidazole rings is 1. The second-order valence-corrected chi connectivity index (χ2v) is 6.32. The molecule has 0 aliphatic heterocycles. The van der Waals surface area contributed by atoms with Crippen LogP contribution in [-0.2, 0) is 0 Å². The lowest BCUT2D eigenvalue weighted by atomic mass is 10.2. The summed E-state index contributed by atoms with van der Waals surface area (Å²) in [6.07, 6.45) is 2.53. The normalized spacial score (nSPS) is 10.7. The van der Waals surface area contributed by atoms with E-state index in [1.54, 1.807) is 40.9 Å². The predicted molar refractivity (Wildman–Crippen MR) is 102 cm³/mol. The Hall–Kier alpha value is -2.86. The van der Waals surface area contributed by atoms with Crippen LogP contribution in [0, 0.1) is 6.92 Å². The molecule has 0 aliphatic carbocycles. The Kier molecular flexibility index (Phi) is 5.23. The fraction of sp³-hybridized carbons (Fsp3) is 0.211. The third-order valence-electron chi connectivity index (χ3n) is 3.93. The van der Waals surface area contributed by atoms with Crippen LogP contribution in [-0.4, -0.2) is 27.7 Å². The largest absolute Gasteiger partial charge is 0.349 e. The summed E-state index contributed by atoms with van der Waals surface area (Å²) in [6.45, 7) is 4.40. The minimum absolute atomic E-state index is 0.182. The zero-order valence-corrected chi connectivity index (χ0v) is 15.3. The quantitative estimate of drug-likeness (QED) is 0.719. The number of anilines is 1. The smallest absolute Gasteiger partial charge is 0.287 e. The third-order valence-corrected chi connectivity index (χ3v) is 4.34. The van der Waals surface area contributed by atoms with Crippen molar-refractivity contribution in [3.05, 3.63) is 64.7 Å². The number of nitrogens with zero attached hydrogens (tertiary/aromatic N) is 2. The van der Waals surface area contributed by atoms with Crippen molar-refractivity contribution in [3.63, 3.8) is 0 Å². The number of amides is 2. The second kappa shape index (κ2) is 7.58. The minimum atomic E-state index is -0.400. The van der Waals surface area contributed by atoms with Crippen molar-refractivity contribution in [2.24, 2.45) is 0 Å². The van der Waals surface area contributed by atoms with Gasteiger partial charge in [0.05, 0.1) is 5.52 Å². The Morgan fingerprint density at radius 3 is 2.73 bits per heavy atom. The van der Waals surface area contributed by atoms with Gasteiger partial charge in [-0.1, -0.05) is 30.7 Å². The van der Waals surface area contributed by atoms with E-state index in [0.29, 0.717) is 22.8 Å². The number of carbonyl (C=O) groups is 2. The van der Waals surface area contributed by atoms with Gasteiger partial charge in [0.15, 0.2) is 5.69 Å². The number of fused-ring (bicyclic) bond motifs is 1. The number of hydrogen-bond donors (Lipinski definition) is 2. The third kappa shape index (κ3) is 3.55. The van der Waals surface area contributed by atoms with E-state index in [2.05, 4.69) is 15.6 Å². The number of carbonyl (C=O) groups excluding carboxylic acids is 2. The molecule has 0 saturated heterocycles. The van der Waals surface area contributed by atoms with Crippen LogP contribution >= 0.6 is 11.6 Å². The highest BCUT2D eigenvalue weighted by Crippen LogP contribution is 2.21. The van der Waals surface area contributed by atoms with E-state index in [4.69, 9.17) is 11.6 Å². The van der Waals surface area contributed by atoms with Crippen molar-refractivity contribution >= 4 is 34.6 Å². The first-order valence-electron chi connectivity index (χ1n) is 8.34. The first-order chi connectivity index (χ1) is 12.5. The van der Waals surface area contributed by atoms with Crippen LogP contribution in [0.5, 0.6) is 0 Å². The van der Waals surface area contributed by atoms with E-state index in [1.165, 1.54) is 0 Å². The van der Waals surface area contributed by atoms with Crippen LogP contribution in [0.2, 0.25) is 5.02 Å². The van der Waals surface area contributed by atoms with Crippen molar-refractivity contribution < 1.29 is 9.59 Å². The van der Waals surface area contributed by atoms with Crippen molar-refractivity contribution in [3.8, 4) is 0 Å². The molecule has 0 fully saturated rings. The zero-order valence-electron chi connectivity index (χ0n) is 14.5. The molecule has 2 heterocycles. The van der Waals surface area contributed by atoms with Crippen LogP contribution in [0.3, 0.4) is 0 Å². The maximum absolute atomic E-state index is 12.7. The van der Waals surface area contributed by atoms with Gasteiger partial charge >= 0.3 is 0 Å². The van der Waals surface area contributed by atoms with Crippen LogP contribution in [0.25, 0.3) is 5.52 Å². The number of aromatic nitrogens is 2. The fourth-order valence-electron chi connectivity index (χ4n) is 2.54. The molecule has 0 radical (unpaired) electrons. The molecular formula is C19H19ClN4O2. The topological polar surface area (TPSA) is 75.5 Å². The number of aryl methyl sites for hydroxylation is 1. The fourth-order valence-corrected chi connectivity index (χ4v) is 2.72. The number of benzene rings is 1. The van der Waals surface area contributed by atoms with Crippen molar-refractivity contribution in [2.45, 2.75) is 20.3 Å². The van der Waals surface area contributed by atoms with Crippen LogP contribution < -0.4 is 10.6 Å². The average Bonchev–Trinajstić information content (AvgIpc) is 3.03. The van der Waals surface area contributed by atoms with Gasteiger partial charge in [-0.3, -0.25) is 14.0 Å². The highest BCUT2D eigenvalue weighted by atomic mass is 35.5. The maximum atomic E-state index is 12.7. The first kappa shape index (κ1) is 17.9. The van der Waals surface area contributed by atoms with Gasteiger partial charge < -0.3 is 10.6 Å². The molecule has 0 spiro atoms. The highest BCUT2D eigenvalue weighted by molar-refractivity contribution is 6.31. The van der Waals surface area contributed by atoms with E-state index in [1.807, 2.05) is 19.9 Å². The summed E-state index contributed by atoms with van der Waals surface area (Å²) in [7, 11) is 0. The monoisotopic (exact) mass is 370 g/mol. The second-order valence-electron chi connectivity index (χ2n) is 5.91. The van der Waals surface area contributed by atoms with Gasteiger partial charge in [0.1, 0.15) is 0 Å². The van der Waals surface area contributed by atoms with E-state index >= 15 is 0 Å². The van der Waals surface area contributed by atoms with E-state index in [0.717, 1.165) is 12.0 Å². The number of rotatable bonds is 5. The van der Waals surface area contributed by atoms with Crippen LogP contribution in [0.4, 0.5) is 5.69 Å². The molecule has 26 heavy (non-hydrogen) atoms. The number of halogens is 1. The first-order valence-corrected chi connectivity index (χ1v) is 8.72. The summed E-state index contributed by atoms with van der Waals surface area (Å²) in [4.78, 5) is 29.3. The van der Waals surface area contributed by atoms with Crippen molar-refractivity contribution in [2.75, 3.05) is 11.9 Å². The maximum Gasteiger partial charge on any atom is 0.287 e. The SMILES string of the molecule is CCCNC(=O)c1nc(C(=O)Nc2ccc(C)c(Cl)c2)c2ccccn12. The lowest BCUT2D eigenvalue weighted by Gasteiger charge is -2.05. The van der Waals surface area contributed by atoms with Gasteiger partial charge in [-0.05, 0) is 43.2 Å². The van der Waals surface area contributed by atoms with Gasteiger partial charge in [0.25, 0.3) is 11.8 Å². The Balaban J connectivity index is 1.95. The summed E-state index contributed by atoms with van der Waals surface area (Å²) in [6, 6.07) is 10.6. The van der Waals surface area contributed by atoms with Crippen LogP contribution in [0.1, 0.15) is 40.0 Å². The average molecular weight is 371 g/mol. The number of pyridine rings is 1. The molecule has 134 valence electrons. The summed E-state index contributed by atoms with van der Waals surface area (Å²) in [5.41, 5.74) is 2.24. The van der Waals surface area contributed by atoms with E-state index in [-0.39, 0.29) is 17.4 Å².